The highest BCUT2D eigenvalue weighted by atomic mass is 127. The average Bonchev–Trinajstić information content (AvgIpc) is 2.83. The van der Waals surface area contributed by atoms with Crippen molar-refractivity contribution in [3.05, 3.63) is 97.1 Å². The lowest BCUT2D eigenvalue weighted by Gasteiger charge is -2.26. The van der Waals surface area contributed by atoms with Crippen LogP contribution in [-0.2, 0) is 22.4 Å². The van der Waals surface area contributed by atoms with Crippen LogP contribution in [0.2, 0.25) is 0 Å². The Bertz CT molecular complexity index is 1370. The summed E-state index contributed by atoms with van der Waals surface area (Å²) >= 11 is 2.25. The fraction of sp³-hybridized carbons (Fsp3) is 0.207. The Morgan fingerprint density at radius 3 is 2.22 bits per heavy atom. The van der Waals surface area contributed by atoms with Gasteiger partial charge in [-0.25, -0.2) is 9.69 Å². The first-order valence-electron chi connectivity index (χ1n) is 11.6. The molecule has 1 aliphatic rings. The van der Waals surface area contributed by atoms with E-state index in [9.17, 15) is 14.4 Å². The summed E-state index contributed by atoms with van der Waals surface area (Å²) in [5.41, 5.74) is 6.61. The second kappa shape index (κ2) is 10.7. The Balaban J connectivity index is 1.69. The molecule has 1 saturated heterocycles. The monoisotopic (exact) mass is 594 g/mol. The molecule has 0 aliphatic carbocycles. The van der Waals surface area contributed by atoms with E-state index in [4.69, 9.17) is 4.74 Å². The highest BCUT2D eigenvalue weighted by molar-refractivity contribution is 14.1. The van der Waals surface area contributed by atoms with E-state index >= 15 is 0 Å². The summed E-state index contributed by atoms with van der Waals surface area (Å²) in [6, 6.07) is 16.5. The van der Waals surface area contributed by atoms with Crippen LogP contribution in [-0.4, -0.2) is 25.0 Å². The lowest BCUT2D eigenvalue weighted by atomic mass is 9.98. The number of aryl methyl sites for hydroxylation is 3. The predicted octanol–water partition coefficient (Wildman–Crippen LogP) is 5.74. The van der Waals surface area contributed by atoms with Crippen molar-refractivity contribution in [2.75, 3.05) is 12.0 Å². The van der Waals surface area contributed by atoms with Crippen LogP contribution in [0.4, 0.5) is 10.5 Å². The highest BCUT2D eigenvalue weighted by Gasteiger charge is 2.36. The number of rotatable bonds is 6. The van der Waals surface area contributed by atoms with E-state index in [0.717, 1.165) is 26.0 Å². The van der Waals surface area contributed by atoms with E-state index < -0.39 is 17.8 Å². The van der Waals surface area contributed by atoms with Crippen molar-refractivity contribution in [3.8, 4) is 5.75 Å². The van der Waals surface area contributed by atoms with Gasteiger partial charge in [0.2, 0.25) is 0 Å². The van der Waals surface area contributed by atoms with E-state index in [1.165, 1.54) is 22.8 Å². The Labute approximate surface area is 224 Å². The van der Waals surface area contributed by atoms with Crippen LogP contribution >= 0.6 is 22.6 Å². The number of imide groups is 2. The van der Waals surface area contributed by atoms with E-state index in [0.29, 0.717) is 23.4 Å². The van der Waals surface area contributed by atoms with Gasteiger partial charge >= 0.3 is 6.03 Å². The Hall–Kier alpha value is -3.46. The molecule has 0 saturated carbocycles. The molecular formula is C29H27IN2O4. The van der Waals surface area contributed by atoms with Crippen molar-refractivity contribution >= 4 is 52.2 Å². The Morgan fingerprint density at radius 1 is 0.944 bits per heavy atom. The molecule has 6 nitrogen and oxygen atoms in total. The maximum atomic E-state index is 13.3. The van der Waals surface area contributed by atoms with Crippen LogP contribution < -0.4 is 15.0 Å². The number of methoxy groups -OCH3 is 1. The first-order chi connectivity index (χ1) is 17.2. The number of carbonyl (C=O) groups excluding carboxylic acids is 3. The molecule has 36 heavy (non-hydrogen) atoms. The summed E-state index contributed by atoms with van der Waals surface area (Å²) in [6.45, 7) is 6.18. The van der Waals surface area contributed by atoms with Gasteiger partial charge in [0.15, 0.2) is 0 Å². The van der Waals surface area contributed by atoms with Crippen molar-refractivity contribution in [1.82, 2.24) is 5.32 Å². The Kier molecular flexibility index (Phi) is 7.59. The van der Waals surface area contributed by atoms with Crippen LogP contribution in [0, 0.1) is 17.4 Å². The van der Waals surface area contributed by atoms with E-state index in [1.807, 2.05) is 31.2 Å². The second-order valence-electron chi connectivity index (χ2n) is 8.83. The molecule has 0 radical (unpaired) electrons. The number of barbiturate groups is 1. The van der Waals surface area contributed by atoms with Gasteiger partial charge in [-0.1, -0.05) is 48.4 Å². The Morgan fingerprint density at radius 2 is 1.61 bits per heavy atom. The lowest BCUT2D eigenvalue weighted by Crippen LogP contribution is -2.54. The molecule has 0 unspecified atom stereocenters. The van der Waals surface area contributed by atoms with Gasteiger partial charge in [0, 0.05) is 15.6 Å². The molecule has 0 atom stereocenters. The van der Waals surface area contributed by atoms with Crippen LogP contribution in [0.3, 0.4) is 0 Å². The van der Waals surface area contributed by atoms with Crippen LogP contribution in [0.25, 0.3) is 6.08 Å². The molecular weight excluding hydrogens is 567 g/mol. The molecule has 1 heterocycles. The number of anilines is 1. The van der Waals surface area contributed by atoms with E-state index in [2.05, 4.69) is 60.0 Å². The van der Waals surface area contributed by atoms with Gasteiger partial charge in [0.05, 0.1) is 12.8 Å². The molecule has 184 valence electrons. The molecule has 0 aromatic heterocycles. The minimum atomic E-state index is -0.762. The molecule has 1 fully saturated rings. The zero-order valence-corrected chi connectivity index (χ0v) is 22.8. The second-order valence-corrected chi connectivity index (χ2v) is 10.00. The van der Waals surface area contributed by atoms with Crippen LogP contribution in [0.1, 0.15) is 40.3 Å². The molecule has 0 spiro atoms. The number of nitrogens with one attached hydrogen (secondary N) is 1. The zero-order chi connectivity index (χ0) is 26.0. The molecule has 1 aliphatic heterocycles. The standard InChI is InChI=1S/C29H27IN2O4/c1-5-19-6-8-22(9-7-19)32-28(34)24(27(33)31-29(32)35)14-21-15-25(30)23(26(16-21)36-4)13-20-11-17(2)10-18(3)12-20/h6-12,14-16H,5,13H2,1-4H3,(H,31,33,35)/b24-14+. The number of halogens is 1. The number of hydrogen-bond donors (Lipinski definition) is 1. The first kappa shape index (κ1) is 25.6. The molecule has 3 aromatic rings. The summed E-state index contributed by atoms with van der Waals surface area (Å²) in [5.74, 6) is -0.722. The van der Waals surface area contributed by atoms with Crippen molar-refractivity contribution in [2.24, 2.45) is 0 Å². The van der Waals surface area contributed by atoms with Gasteiger partial charge in [0.25, 0.3) is 11.8 Å². The van der Waals surface area contributed by atoms with Gasteiger partial charge in [0.1, 0.15) is 11.3 Å². The summed E-state index contributed by atoms with van der Waals surface area (Å²) in [6.07, 6.45) is 3.03. The van der Waals surface area contributed by atoms with Crippen LogP contribution in [0.5, 0.6) is 5.75 Å². The summed E-state index contributed by atoms with van der Waals surface area (Å²) in [4.78, 5) is 39.4. The number of amides is 4. The smallest absolute Gasteiger partial charge is 0.335 e. The summed E-state index contributed by atoms with van der Waals surface area (Å²) in [5, 5.41) is 2.28. The number of benzene rings is 3. The number of nitrogens with zero attached hydrogens (tertiary/aromatic N) is 1. The van der Waals surface area contributed by atoms with Gasteiger partial charge < -0.3 is 4.74 Å². The van der Waals surface area contributed by atoms with Crippen molar-refractivity contribution in [1.29, 1.82) is 0 Å². The van der Waals surface area contributed by atoms with Gasteiger partial charge in [-0.2, -0.15) is 0 Å². The van der Waals surface area contributed by atoms with Crippen molar-refractivity contribution in [3.63, 3.8) is 0 Å². The zero-order valence-electron chi connectivity index (χ0n) is 20.6. The normalized spacial score (nSPS) is 14.9. The fourth-order valence-corrected chi connectivity index (χ4v) is 5.20. The molecule has 7 heteroatoms. The van der Waals surface area contributed by atoms with Gasteiger partial charge in [-0.15, -0.1) is 0 Å². The van der Waals surface area contributed by atoms with Crippen molar-refractivity contribution < 1.29 is 19.1 Å². The minimum Gasteiger partial charge on any atom is -0.496 e. The first-order valence-corrected chi connectivity index (χ1v) is 12.7. The number of urea groups is 1. The number of ether oxygens (including phenoxy) is 1. The molecule has 4 amide bonds. The maximum absolute atomic E-state index is 13.3. The van der Waals surface area contributed by atoms with Gasteiger partial charge in [-0.05, 0) is 89.9 Å². The van der Waals surface area contributed by atoms with E-state index in [-0.39, 0.29) is 5.57 Å². The minimum absolute atomic E-state index is 0.117. The third-order valence-corrected chi connectivity index (χ3v) is 7.04. The van der Waals surface area contributed by atoms with Crippen LogP contribution in [0.15, 0.2) is 60.2 Å². The number of hydrogen-bond acceptors (Lipinski definition) is 4. The van der Waals surface area contributed by atoms with Crippen molar-refractivity contribution in [2.45, 2.75) is 33.6 Å². The fourth-order valence-electron chi connectivity index (χ4n) is 4.38. The topological polar surface area (TPSA) is 75.7 Å². The summed E-state index contributed by atoms with van der Waals surface area (Å²) in [7, 11) is 1.60. The lowest BCUT2D eigenvalue weighted by molar-refractivity contribution is -0.122. The average molecular weight is 594 g/mol. The van der Waals surface area contributed by atoms with E-state index in [1.54, 1.807) is 19.2 Å². The highest BCUT2D eigenvalue weighted by Crippen LogP contribution is 2.31. The largest absolute Gasteiger partial charge is 0.496 e. The third kappa shape index (κ3) is 5.36. The number of carbonyl (C=O) groups is 3. The molecule has 4 rings (SSSR count). The molecule has 0 bridgehead atoms. The van der Waals surface area contributed by atoms with Gasteiger partial charge in [-0.3, -0.25) is 14.9 Å². The predicted molar refractivity (Wildman–Crippen MR) is 149 cm³/mol. The maximum Gasteiger partial charge on any atom is 0.335 e. The molecule has 1 N–H and O–H groups in total. The SMILES string of the molecule is CCc1ccc(N2C(=O)NC(=O)/C(=C\c3cc(I)c(Cc4cc(C)cc(C)c4)c(OC)c3)C2=O)cc1. The molecule has 3 aromatic carbocycles. The third-order valence-electron chi connectivity index (χ3n) is 6.07. The quantitative estimate of drug-likeness (QED) is 0.225. The summed E-state index contributed by atoms with van der Waals surface area (Å²) < 4.78 is 6.64.